The molecule has 0 aromatic heterocycles. The minimum Gasteiger partial charge on any atom is -0.372 e. The summed E-state index contributed by atoms with van der Waals surface area (Å²) in [5, 5.41) is 27.4. The second-order valence-electron chi connectivity index (χ2n) is 11.4. The number of piperidine rings is 1. The Morgan fingerprint density at radius 2 is 1.78 bits per heavy atom. The maximum absolute atomic E-state index is 14.2. The van der Waals surface area contributed by atoms with Crippen LogP contribution in [0.25, 0.3) is 11.1 Å². The smallest absolute Gasteiger partial charge is 0.264 e. The molecule has 2 aromatic carbocycles. The summed E-state index contributed by atoms with van der Waals surface area (Å²) in [6.45, 7) is 5.11. The van der Waals surface area contributed by atoms with Crippen LogP contribution in [0.4, 0.5) is 0 Å². The van der Waals surface area contributed by atoms with E-state index in [2.05, 4.69) is 30.6 Å². The lowest BCUT2D eigenvalue weighted by Gasteiger charge is -2.36. The molecular weight excluding hydrogens is 468 g/mol. The Balaban J connectivity index is 1.31. The Bertz CT molecular complexity index is 1320. The van der Waals surface area contributed by atoms with Crippen LogP contribution < -0.4 is 10.6 Å². The number of nitrogens with zero attached hydrogens (tertiary/aromatic N) is 2. The monoisotopic (exact) mass is 498 g/mol. The van der Waals surface area contributed by atoms with E-state index in [1.165, 1.54) is 4.90 Å². The number of fused-ring (bicyclic) bond motifs is 4. The van der Waals surface area contributed by atoms with Crippen molar-refractivity contribution in [2.24, 2.45) is 23.2 Å². The van der Waals surface area contributed by atoms with Gasteiger partial charge in [-0.2, -0.15) is 5.26 Å². The Kier molecular flexibility index (Phi) is 5.22. The molecule has 0 bridgehead atoms. The van der Waals surface area contributed by atoms with Gasteiger partial charge in [0.2, 0.25) is 11.8 Å². The number of amides is 3. The van der Waals surface area contributed by atoms with Gasteiger partial charge in [0.05, 0.1) is 6.07 Å². The van der Waals surface area contributed by atoms with E-state index < -0.39 is 29.5 Å². The van der Waals surface area contributed by atoms with Gasteiger partial charge in [0.15, 0.2) is 5.60 Å². The number of hydrogen-bond acceptors (Lipinski definition) is 5. The average Bonchev–Trinajstić information content (AvgIpc) is 3.32. The van der Waals surface area contributed by atoms with Crippen LogP contribution in [0.5, 0.6) is 0 Å². The lowest BCUT2D eigenvalue weighted by Crippen LogP contribution is -2.56. The highest BCUT2D eigenvalue weighted by Crippen LogP contribution is 2.65. The highest BCUT2D eigenvalue weighted by molar-refractivity contribution is 6.01. The molecule has 1 saturated carbocycles. The fourth-order valence-electron chi connectivity index (χ4n) is 7.00. The topological polar surface area (TPSA) is 123 Å². The molecule has 2 heterocycles. The molecule has 8 nitrogen and oxygen atoms in total. The summed E-state index contributed by atoms with van der Waals surface area (Å²) in [4.78, 5) is 41.5. The minimum atomic E-state index is -1.90. The molecule has 6 rings (SSSR count). The molecule has 3 amide bonds. The van der Waals surface area contributed by atoms with Crippen molar-refractivity contribution < 1.29 is 19.5 Å². The van der Waals surface area contributed by atoms with Crippen molar-refractivity contribution in [1.82, 2.24) is 15.5 Å². The molecule has 190 valence electrons. The number of carbonyl (C=O) groups is 3. The third kappa shape index (κ3) is 3.33. The second-order valence-corrected chi connectivity index (χ2v) is 11.4. The molecule has 37 heavy (non-hydrogen) atoms. The summed E-state index contributed by atoms with van der Waals surface area (Å²) in [6, 6.07) is 15.2. The standard InChI is InChI=1S/C29H30N4O4/c1-28(2)22-15-33(24(23(22)28)26(35)32-17(14-30)13-16-11-12-31-25(16)34)27(36)29(37)20-9-5-3-7-18(20)19-8-4-6-10-21(19)29/h3-10,16-17,22-24,37H,11-13,15H2,1-2H3,(H,31,34)(H,32,35)/t16-,17+,22-,23-,24+/m0/s1. The zero-order valence-electron chi connectivity index (χ0n) is 20.9. The average molecular weight is 499 g/mol. The van der Waals surface area contributed by atoms with E-state index in [-0.39, 0.29) is 35.5 Å². The summed E-state index contributed by atoms with van der Waals surface area (Å²) >= 11 is 0. The van der Waals surface area contributed by atoms with Gasteiger partial charge in [0, 0.05) is 30.1 Å². The van der Waals surface area contributed by atoms with Gasteiger partial charge >= 0.3 is 0 Å². The molecule has 0 spiro atoms. The first-order valence-electron chi connectivity index (χ1n) is 12.9. The molecule has 2 aliphatic heterocycles. The van der Waals surface area contributed by atoms with Crippen LogP contribution in [-0.4, -0.2) is 52.9 Å². The molecule has 2 aliphatic carbocycles. The van der Waals surface area contributed by atoms with Crippen LogP contribution in [0.3, 0.4) is 0 Å². The van der Waals surface area contributed by atoms with Crippen LogP contribution in [-0.2, 0) is 20.0 Å². The third-order valence-electron chi connectivity index (χ3n) is 9.13. The van der Waals surface area contributed by atoms with Gasteiger partial charge in [-0.05, 0) is 41.2 Å². The number of carbonyl (C=O) groups excluding carboxylic acids is 3. The van der Waals surface area contributed by atoms with Crippen molar-refractivity contribution in [2.75, 3.05) is 13.1 Å². The predicted molar refractivity (Wildman–Crippen MR) is 134 cm³/mol. The van der Waals surface area contributed by atoms with E-state index in [0.29, 0.717) is 30.6 Å². The minimum absolute atomic E-state index is 0.0685. The maximum atomic E-state index is 14.2. The van der Waals surface area contributed by atoms with E-state index in [4.69, 9.17) is 0 Å². The molecule has 4 aliphatic rings. The summed E-state index contributed by atoms with van der Waals surface area (Å²) < 4.78 is 0. The Morgan fingerprint density at radius 3 is 2.35 bits per heavy atom. The van der Waals surface area contributed by atoms with Crippen LogP contribution in [0.1, 0.15) is 37.8 Å². The van der Waals surface area contributed by atoms with Gasteiger partial charge in [0.25, 0.3) is 5.91 Å². The first-order chi connectivity index (χ1) is 17.7. The SMILES string of the molecule is CC1(C)[C@@H]2[C@H](C(=O)N[C@@H](C#N)C[C@@H]3CCNC3=O)N(C(=O)C3(O)c4ccccc4-c4ccccc43)C[C@@H]21. The summed E-state index contributed by atoms with van der Waals surface area (Å²) in [7, 11) is 0. The van der Waals surface area contributed by atoms with Crippen LogP contribution >= 0.6 is 0 Å². The molecule has 2 saturated heterocycles. The summed E-state index contributed by atoms with van der Waals surface area (Å²) in [5.74, 6) is -1.28. The second kappa shape index (κ2) is 8.15. The fraction of sp³-hybridized carbons (Fsp3) is 0.448. The van der Waals surface area contributed by atoms with Crippen LogP contribution in [0, 0.1) is 34.5 Å². The van der Waals surface area contributed by atoms with Crippen LogP contribution in [0.15, 0.2) is 48.5 Å². The van der Waals surface area contributed by atoms with E-state index in [9.17, 15) is 24.8 Å². The summed E-state index contributed by atoms with van der Waals surface area (Å²) in [5.41, 5.74) is 0.617. The van der Waals surface area contributed by atoms with Crippen molar-refractivity contribution in [3.63, 3.8) is 0 Å². The largest absolute Gasteiger partial charge is 0.372 e. The van der Waals surface area contributed by atoms with E-state index >= 15 is 0 Å². The van der Waals surface area contributed by atoms with Gasteiger partial charge in [-0.15, -0.1) is 0 Å². The molecule has 3 fully saturated rings. The van der Waals surface area contributed by atoms with Crippen molar-refractivity contribution in [2.45, 2.75) is 44.4 Å². The zero-order valence-corrected chi connectivity index (χ0v) is 20.9. The molecular formula is C29H30N4O4. The first kappa shape index (κ1) is 23.7. The lowest BCUT2D eigenvalue weighted by atomic mass is 9.88. The fourth-order valence-corrected chi connectivity index (χ4v) is 7.00. The number of likely N-dealkylation sites (tertiary alicyclic amines) is 1. The first-order valence-corrected chi connectivity index (χ1v) is 12.9. The van der Waals surface area contributed by atoms with Crippen molar-refractivity contribution >= 4 is 17.7 Å². The third-order valence-corrected chi connectivity index (χ3v) is 9.13. The van der Waals surface area contributed by atoms with Crippen LogP contribution in [0.2, 0.25) is 0 Å². The maximum Gasteiger partial charge on any atom is 0.264 e. The molecule has 0 radical (unpaired) electrons. The van der Waals surface area contributed by atoms with E-state index in [0.717, 1.165) is 11.1 Å². The van der Waals surface area contributed by atoms with Gasteiger partial charge in [0.1, 0.15) is 12.1 Å². The molecule has 0 unspecified atom stereocenters. The number of nitrogens with one attached hydrogen (secondary N) is 2. The van der Waals surface area contributed by atoms with E-state index in [1.54, 1.807) is 24.3 Å². The van der Waals surface area contributed by atoms with Gasteiger partial charge < -0.3 is 20.6 Å². The number of benzene rings is 2. The molecule has 5 atom stereocenters. The quantitative estimate of drug-likeness (QED) is 0.581. The van der Waals surface area contributed by atoms with Gasteiger partial charge in [-0.1, -0.05) is 62.4 Å². The Labute approximate surface area is 215 Å². The highest BCUT2D eigenvalue weighted by Gasteiger charge is 2.70. The van der Waals surface area contributed by atoms with Crippen molar-refractivity contribution in [1.29, 1.82) is 5.26 Å². The van der Waals surface area contributed by atoms with Crippen molar-refractivity contribution in [3.8, 4) is 17.2 Å². The van der Waals surface area contributed by atoms with Gasteiger partial charge in [-0.25, -0.2) is 0 Å². The number of nitriles is 1. The Morgan fingerprint density at radius 1 is 1.16 bits per heavy atom. The molecule has 8 heteroatoms. The van der Waals surface area contributed by atoms with Gasteiger partial charge in [-0.3, -0.25) is 14.4 Å². The molecule has 2 aromatic rings. The zero-order chi connectivity index (χ0) is 26.1. The number of aliphatic hydroxyl groups is 1. The van der Waals surface area contributed by atoms with Crippen molar-refractivity contribution in [3.05, 3.63) is 59.7 Å². The normalized spacial score (nSPS) is 28.4. The summed E-state index contributed by atoms with van der Waals surface area (Å²) in [6.07, 6.45) is 0.863. The predicted octanol–water partition coefficient (Wildman–Crippen LogP) is 1.92. The number of rotatable bonds is 5. The van der Waals surface area contributed by atoms with E-state index in [1.807, 2.05) is 24.3 Å². The Hall–Kier alpha value is -3.70. The number of hydrogen-bond donors (Lipinski definition) is 3. The molecule has 3 N–H and O–H groups in total. The highest BCUT2D eigenvalue weighted by atomic mass is 16.3. The lowest BCUT2D eigenvalue weighted by molar-refractivity contribution is -0.153.